The average Bonchev–Trinajstić information content (AvgIpc) is 2.14. The highest BCUT2D eigenvalue weighted by Gasteiger charge is 2.30. The summed E-state index contributed by atoms with van der Waals surface area (Å²) in [6.07, 6.45) is 2.78. The molecule has 6 heteroatoms. The maximum atomic E-state index is 11.5. The van der Waals surface area contributed by atoms with E-state index >= 15 is 0 Å². The molecule has 0 unspecified atom stereocenters. The van der Waals surface area contributed by atoms with Gasteiger partial charge in [0.25, 0.3) is 0 Å². The number of hydrogen-bond acceptors (Lipinski definition) is 5. The fourth-order valence-electron chi connectivity index (χ4n) is 1.21. The number of aryl methyl sites for hydroxylation is 1. The Bertz CT molecular complexity index is 509. The second-order valence-corrected chi connectivity index (χ2v) is 7.47. The molecule has 0 aliphatic rings. The first-order valence-electron chi connectivity index (χ1n) is 5.29. The minimum Gasteiger partial charge on any atom is -0.397 e. The summed E-state index contributed by atoms with van der Waals surface area (Å²) in [4.78, 5) is 4.13. The van der Waals surface area contributed by atoms with Gasteiger partial charge in [-0.2, -0.15) is 0 Å². The van der Waals surface area contributed by atoms with Gasteiger partial charge in [0, 0.05) is 12.8 Å². The van der Waals surface area contributed by atoms with E-state index in [1.165, 1.54) is 6.26 Å². The number of sulfone groups is 1. The number of hydrogen-bond donors (Lipinski definition) is 2. The summed E-state index contributed by atoms with van der Waals surface area (Å²) in [5.41, 5.74) is 7.08. The molecule has 0 spiro atoms. The molecule has 1 aromatic heterocycles. The van der Waals surface area contributed by atoms with Gasteiger partial charge in [-0.1, -0.05) is 0 Å². The van der Waals surface area contributed by atoms with Crippen LogP contribution in [0.5, 0.6) is 0 Å². The molecule has 0 aliphatic heterocycles. The third-order valence-electron chi connectivity index (χ3n) is 2.78. The van der Waals surface area contributed by atoms with Crippen molar-refractivity contribution in [3.05, 3.63) is 17.8 Å². The molecular formula is C11H19N3O2S. The van der Waals surface area contributed by atoms with Gasteiger partial charge < -0.3 is 11.1 Å². The number of nitrogens with zero attached hydrogens (tertiary/aromatic N) is 1. The van der Waals surface area contributed by atoms with Crippen molar-refractivity contribution in [3.8, 4) is 0 Å². The van der Waals surface area contributed by atoms with Crippen molar-refractivity contribution in [1.82, 2.24) is 4.98 Å². The third-order valence-corrected chi connectivity index (χ3v) is 4.94. The molecule has 0 aliphatic carbocycles. The first-order chi connectivity index (χ1) is 7.63. The molecule has 96 valence electrons. The van der Waals surface area contributed by atoms with E-state index in [1.54, 1.807) is 26.1 Å². The zero-order chi connectivity index (χ0) is 13.3. The summed E-state index contributed by atoms with van der Waals surface area (Å²) < 4.78 is 22.2. The molecule has 0 bridgehead atoms. The number of nitrogens with two attached hydrogens (primary N) is 1. The van der Waals surface area contributed by atoms with E-state index < -0.39 is 14.6 Å². The lowest BCUT2D eigenvalue weighted by Gasteiger charge is -2.23. The maximum absolute atomic E-state index is 11.5. The van der Waals surface area contributed by atoms with Gasteiger partial charge in [-0.3, -0.25) is 0 Å². The Morgan fingerprint density at radius 2 is 2.06 bits per heavy atom. The first-order valence-corrected chi connectivity index (χ1v) is 7.18. The van der Waals surface area contributed by atoms with E-state index in [2.05, 4.69) is 10.3 Å². The summed E-state index contributed by atoms with van der Waals surface area (Å²) >= 11 is 0. The standard InChI is InChI=1S/C11H19N3O2S/c1-8-5-9(12)6-13-10(8)14-7-11(2,3)17(4,15)16/h5-6H,7,12H2,1-4H3,(H,13,14). The zero-order valence-corrected chi connectivity index (χ0v) is 11.4. The van der Waals surface area contributed by atoms with Gasteiger partial charge >= 0.3 is 0 Å². The largest absolute Gasteiger partial charge is 0.397 e. The van der Waals surface area contributed by atoms with Crippen LogP contribution in [0.3, 0.4) is 0 Å². The van der Waals surface area contributed by atoms with Gasteiger partial charge in [-0.25, -0.2) is 13.4 Å². The van der Waals surface area contributed by atoms with Crippen molar-refractivity contribution in [2.24, 2.45) is 0 Å². The second-order valence-electron chi connectivity index (χ2n) is 4.82. The number of rotatable bonds is 4. The molecule has 0 fully saturated rings. The van der Waals surface area contributed by atoms with E-state index in [-0.39, 0.29) is 0 Å². The van der Waals surface area contributed by atoms with Crippen LogP contribution >= 0.6 is 0 Å². The molecule has 0 aromatic carbocycles. The molecule has 0 saturated carbocycles. The molecule has 0 amide bonds. The Balaban J connectivity index is 2.81. The highest BCUT2D eigenvalue weighted by Crippen LogP contribution is 2.18. The van der Waals surface area contributed by atoms with E-state index in [9.17, 15) is 8.42 Å². The van der Waals surface area contributed by atoms with Crippen molar-refractivity contribution >= 4 is 21.3 Å². The molecule has 1 rings (SSSR count). The van der Waals surface area contributed by atoms with Crippen LogP contribution in [0.4, 0.5) is 11.5 Å². The van der Waals surface area contributed by atoms with Crippen molar-refractivity contribution in [1.29, 1.82) is 0 Å². The van der Waals surface area contributed by atoms with Crippen LogP contribution in [0.2, 0.25) is 0 Å². The number of aromatic nitrogens is 1. The Morgan fingerprint density at radius 1 is 1.47 bits per heavy atom. The summed E-state index contributed by atoms with van der Waals surface area (Å²) in [5, 5.41) is 3.04. The fraction of sp³-hybridized carbons (Fsp3) is 0.545. The van der Waals surface area contributed by atoms with Crippen LogP contribution in [-0.2, 0) is 9.84 Å². The van der Waals surface area contributed by atoms with Crippen molar-refractivity contribution < 1.29 is 8.42 Å². The van der Waals surface area contributed by atoms with Crippen LogP contribution in [0.25, 0.3) is 0 Å². The van der Waals surface area contributed by atoms with Crippen LogP contribution < -0.4 is 11.1 Å². The van der Waals surface area contributed by atoms with Crippen molar-refractivity contribution in [3.63, 3.8) is 0 Å². The molecule has 0 radical (unpaired) electrons. The lowest BCUT2D eigenvalue weighted by molar-refractivity contribution is 0.559. The van der Waals surface area contributed by atoms with Crippen LogP contribution in [0.1, 0.15) is 19.4 Å². The van der Waals surface area contributed by atoms with E-state index in [0.29, 0.717) is 18.1 Å². The van der Waals surface area contributed by atoms with Gasteiger partial charge in [-0.05, 0) is 32.4 Å². The monoisotopic (exact) mass is 257 g/mol. The number of nitrogens with one attached hydrogen (secondary N) is 1. The van der Waals surface area contributed by atoms with Crippen LogP contribution in [0.15, 0.2) is 12.3 Å². The normalized spacial score (nSPS) is 12.5. The van der Waals surface area contributed by atoms with Gasteiger partial charge in [0.15, 0.2) is 9.84 Å². The second kappa shape index (κ2) is 4.52. The molecule has 1 aromatic rings. The Labute approximate surface area is 102 Å². The van der Waals surface area contributed by atoms with Gasteiger partial charge in [0.1, 0.15) is 5.82 Å². The highest BCUT2D eigenvalue weighted by molar-refractivity contribution is 7.92. The SMILES string of the molecule is Cc1cc(N)cnc1NCC(C)(C)S(C)(=O)=O. The smallest absolute Gasteiger partial charge is 0.154 e. The molecule has 1 heterocycles. The van der Waals surface area contributed by atoms with E-state index in [4.69, 9.17) is 5.73 Å². The zero-order valence-electron chi connectivity index (χ0n) is 10.6. The van der Waals surface area contributed by atoms with Crippen molar-refractivity contribution in [2.75, 3.05) is 23.9 Å². The number of pyridine rings is 1. The summed E-state index contributed by atoms with van der Waals surface area (Å²) in [5.74, 6) is 0.663. The maximum Gasteiger partial charge on any atom is 0.154 e. The average molecular weight is 257 g/mol. The summed E-state index contributed by atoms with van der Waals surface area (Å²) in [7, 11) is -3.11. The fourth-order valence-corrected chi connectivity index (χ4v) is 1.54. The number of anilines is 2. The third kappa shape index (κ3) is 3.33. The van der Waals surface area contributed by atoms with Crippen molar-refractivity contribution in [2.45, 2.75) is 25.5 Å². The molecule has 0 saturated heterocycles. The lowest BCUT2D eigenvalue weighted by atomic mass is 10.2. The Hall–Kier alpha value is -1.30. The van der Waals surface area contributed by atoms with Gasteiger partial charge in [-0.15, -0.1) is 0 Å². The molecule has 5 nitrogen and oxygen atoms in total. The predicted molar refractivity (Wildman–Crippen MR) is 70.8 cm³/mol. The van der Waals surface area contributed by atoms with Crippen LogP contribution in [-0.4, -0.2) is 30.9 Å². The molecule has 17 heavy (non-hydrogen) atoms. The van der Waals surface area contributed by atoms with Gasteiger partial charge in [0.05, 0.1) is 16.6 Å². The Morgan fingerprint density at radius 3 is 2.53 bits per heavy atom. The van der Waals surface area contributed by atoms with Gasteiger partial charge in [0.2, 0.25) is 0 Å². The lowest BCUT2D eigenvalue weighted by Crippen LogP contribution is -2.38. The quantitative estimate of drug-likeness (QED) is 0.846. The topological polar surface area (TPSA) is 85.1 Å². The summed E-state index contributed by atoms with van der Waals surface area (Å²) in [6, 6.07) is 1.79. The van der Waals surface area contributed by atoms with E-state index in [1.807, 2.05) is 6.92 Å². The minimum absolute atomic E-state index is 0.309. The highest BCUT2D eigenvalue weighted by atomic mass is 32.2. The molecule has 0 atom stereocenters. The predicted octanol–water partition coefficient (Wildman–Crippen LogP) is 1.21. The Kier molecular flexibility index (Phi) is 3.66. The van der Waals surface area contributed by atoms with E-state index in [0.717, 1.165) is 5.56 Å². The summed E-state index contributed by atoms with van der Waals surface area (Å²) in [6.45, 7) is 5.55. The van der Waals surface area contributed by atoms with Crippen LogP contribution in [0, 0.1) is 6.92 Å². The first kappa shape index (κ1) is 13.8. The molecule has 3 N–H and O–H groups in total. The molecular weight excluding hydrogens is 238 g/mol. The number of nitrogen functional groups attached to an aromatic ring is 1. The minimum atomic E-state index is -3.11.